The molecule has 0 saturated carbocycles. The Morgan fingerprint density at radius 1 is 0.984 bits per heavy atom. The first kappa shape index (κ1) is 55.3. The van der Waals surface area contributed by atoms with Gasteiger partial charge in [-0.3, -0.25) is 14.4 Å². The molecule has 0 unspecified atom stereocenters. The van der Waals surface area contributed by atoms with Crippen LogP contribution in [0.2, 0.25) is 0 Å². The number of carbonyl (C=O) groups is 3. The SMILES string of the molecule is CC[C@H]1OC(=O)[C@H](C)[C@@H](O[C@H]2C[C@@](C)(OC)[C@@H](OC(=O)CCN(CC)CC)[C@H](C)O2)[C@H](C)[C@@H](O[C@@H]2O[C@H](C)C[C@H](NCCCN)[C@H]2O)[C@H](OC)C[C@@H](C)C(=O)N[C@H](C)[C@H](O)[C@]1(C)O. The van der Waals surface area contributed by atoms with Crippen LogP contribution in [-0.2, 0) is 52.3 Å². The van der Waals surface area contributed by atoms with Gasteiger partial charge in [0.2, 0.25) is 5.91 Å². The van der Waals surface area contributed by atoms with Crippen molar-refractivity contribution in [1.82, 2.24) is 15.5 Å². The monoisotopic (exact) mass is 905 g/mol. The summed E-state index contributed by atoms with van der Waals surface area (Å²) in [6.07, 6.45) is -8.92. The van der Waals surface area contributed by atoms with Gasteiger partial charge in [-0.15, -0.1) is 0 Å². The molecule has 0 aliphatic carbocycles. The summed E-state index contributed by atoms with van der Waals surface area (Å²) in [5, 5.41) is 41.1. The first-order valence-corrected chi connectivity index (χ1v) is 23.3. The van der Waals surface area contributed by atoms with E-state index in [9.17, 15) is 29.7 Å². The van der Waals surface area contributed by atoms with E-state index in [1.54, 1.807) is 34.6 Å². The molecule has 368 valence electrons. The van der Waals surface area contributed by atoms with Crippen molar-refractivity contribution in [3.05, 3.63) is 0 Å². The van der Waals surface area contributed by atoms with Gasteiger partial charge in [0.25, 0.3) is 0 Å². The molecule has 0 bridgehead atoms. The van der Waals surface area contributed by atoms with Gasteiger partial charge in [0.05, 0.1) is 48.9 Å². The van der Waals surface area contributed by atoms with E-state index in [4.69, 9.17) is 43.6 Å². The number of hydrogen-bond donors (Lipinski definition) is 6. The zero-order chi connectivity index (χ0) is 47.4. The maximum absolute atomic E-state index is 14.4. The molecule has 18 nitrogen and oxygen atoms in total. The van der Waals surface area contributed by atoms with Crippen molar-refractivity contribution in [3.8, 4) is 0 Å². The van der Waals surface area contributed by atoms with Gasteiger partial charge in [-0.2, -0.15) is 0 Å². The Kier molecular flexibility index (Phi) is 22.1. The van der Waals surface area contributed by atoms with Crippen molar-refractivity contribution >= 4 is 17.8 Å². The second-order valence-corrected chi connectivity index (χ2v) is 18.5. The molecule has 3 rings (SSSR count). The topological polar surface area (TPSA) is 239 Å². The lowest BCUT2D eigenvalue weighted by molar-refractivity contribution is -0.312. The van der Waals surface area contributed by atoms with Gasteiger partial charge >= 0.3 is 11.9 Å². The lowest BCUT2D eigenvalue weighted by Crippen LogP contribution is -2.60. The molecule has 7 N–H and O–H groups in total. The third-order valence-electron chi connectivity index (χ3n) is 13.6. The third-order valence-corrected chi connectivity index (χ3v) is 13.6. The minimum atomic E-state index is -1.97. The molecule has 3 aliphatic rings. The van der Waals surface area contributed by atoms with Gasteiger partial charge in [-0.1, -0.05) is 34.6 Å². The van der Waals surface area contributed by atoms with Gasteiger partial charge < -0.3 is 74.5 Å². The molecule has 3 saturated heterocycles. The van der Waals surface area contributed by atoms with E-state index in [-0.39, 0.29) is 43.8 Å². The molecule has 0 aromatic heterocycles. The maximum atomic E-state index is 14.4. The summed E-state index contributed by atoms with van der Waals surface area (Å²) in [6, 6.07) is -1.32. The van der Waals surface area contributed by atoms with E-state index in [0.717, 1.165) is 13.1 Å². The van der Waals surface area contributed by atoms with Crippen molar-refractivity contribution < 1.29 is 67.6 Å². The number of nitrogens with two attached hydrogens (primary N) is 1. The van der Waals surface area contributed by atoms with Crippen molar-refractivity contribution in [2.45, 2.75) is 205 Å². The van der Waals surface area contributed by atoms with Crippen molar-refractivity contribution in [2.24, 2.45) is 23.5 Å². The van der Waals surface area contributed by atoms with E-state index in [1.165, 1.54) is 21.1 Å². The number of esters is 2. The molecule has 1 amide bonds. The highest BCUT2D eigenvalue weighted by Gasteiger charge is 2.52. The fourth-order valence-corrected chi connectivity index (χ4v) is 9.27. The van der Waals surface area contributed by atoms with Crippen molar-refractivity contribution in [3.63, 3.8) is 0 Å². The third kappa shape index (κ3) is 14.5. The molecule has 0 radical (unpaired) electrons. The van der Waals surface area contributed by atoms with Crippen LogP contribution >= 0.6 is 0 Å². The number of aliphatic hydroxyl groups is 3. The minimum Gasteiger partial charge on any atom is -0.459 e. The Bertz CT molecular complexity index is 1410. The normalized spacial score (nSPS) is 41.3. The molecule has 0 aromatic carbocycles. The zero-order valence-electron chi connectivity index (χ0n) is 40.4. The minimum absolute atomic E-state index is 0.0950. The maximum Gasteiger partial charge on any atom is 0.311 e. The first-order valence-electron chi connectivity index (χ1n) is 23.3. The highest BCUT2D eigenvalue weighted by Crippen LogP contribution is 2.39. The van der Waals surface area contributed by atoms with E-state index in [1.807, 2.05) is 34.6 Å². The molecule has 3 heterocycles. The molecule has 3 fully saturated rings. The Labute approximate surface area is 376 Å². The highest BCUT2D eigenvalue weighted by atomic mass is 16.7. The average Bonchev–Trinajstić information content (AvgIpc) is 3.24. The Morgan fingerprint density at radius 2 is 1.65 bits per heavy atom. The fourth-order valence-electron chi connectivity index (χ4n) is 9.27. The molecule has 18 heteroatoms. The Morgan fingerprint density at radius 3 is 2.24 bits per heavy atom. The van der Waals surface area contributed by atoms with Crippen LogP contribution in [0.1, 0.15) is 115 Å². The van der Waals surface area contributed by atoms with Crippen LogP contribution in [0.5, 0.6) is 0 Å². The first-order chi connectivity index (χ1) is 29.6. The predicted octanol–water partition coefficient (Wildman–Crippen LogP) is 2.01. The van der Waals surface area contributed by atoms with Crippen molar-refractivity contribution in [1.29, 1.82) is 0 Å². The number of cyclic esters (lactones) is 1. The summed E-state index contributed by atoms with van der Waals surface area (Å²) in [5.41, 5.74) is 2.71. The summed E-state index contributed by atoms with van der Waals surface area (Å²) in [4.78, 5) is 43.5. The number of hydrogen-bond acceptors (Lipinski definition) is 17. The average molecular weight is 905 g/mol. The Balaban J connectivity index is 2.12. The zero-order valence-corrected chi connectivity index (χ0v) is 40.4. The lowest BCUT2D eigenvalue weighted by atomic mass is 9.83. The molecule has 0 spiro atoms. The quantitative estimate of drug-likeness (QED) is 0.0904. The fraction of sp³-hybridized carbons (Fsp3) is 0.933. The smallest absolute Gasteiger partial charge is 0.311 e. The number of carbonyl (C=O) groups excluding carboxylic acids is 3. The Hall–Kier alpha value is -2.07. The van der Waals surface area contributed by atoms with Crippen LogP contribution in [0, 0.1) is 17.8 Å². The standard InChI is InChI=1S/C45H84N4O14/c1-14-33-45(11,55)39(52)29(8)48-41(53)25(4)22-32(56-12)38(63-43-36(51)31(23-26(5)58-43)47-20-17-19-46)27(6)37(28(7)42(54)60-33)62-35-24-44(10,57-13)40(30(9)59-35)61-34(50)18-21-49(15-2)16-3/h25-33,35-40,43,47,51-52,55H,14-24,46H2,1-13H3,(H,48,53)/t25-,26-,27+,28-,29-,30+,31+,32-,33-,35+,36-,37+,38-,39+,40+,43+,44-,45-/m1/s1. The van der Waals surface area contributed by atoms with Gasteiger partial charge in [0.15, 0.2) is 18.7 Å². The molecule has 63 heavy (non-hydrogen) atoms. The van der Waals surface area contributed by atoms with Gasteiger partial charge in [-0.25, -0.2) is 0 Å². The van der Waals surface area contributed by atoms with Crippen molar-refractivity contribution in [2.75, 3.05) is 46.9 Å². The number of aliphatic hydroxyl groups excluding tert-OH is 2. The molecule has 18 atom stereocenters. The number of methoxy groups -OCH3 is 2. The number of amides is 1. The van der Waals surface area contributed by atoms with E-state index >= 15 is 0 Å². The molecule has 3 aliphatic heterocycles. The summed E-state index contributed by atoms with van der Waals surface area (Å²) >= 11 is 0. The van der Waals surface area contributed by atoms with Crippen LogP contribution in [-0.4, -0.2) is 176 Å². The summed E-state index contributed by atoms with van der Waals surface area (Å²) in [5.74, 6) is -4.05. The number of nitrogens with zero attached hydrogens (tertiary/aromatic N) is 1. The van der Waals surface area contributed by atoms with E-state index < -0.39 is 108 Å². The predicted molar refractivity (Wildman–Crippen MR) is 234 cm³/mol. The number of nitrogens with one attached hydrogen (secondary N) is 2. The van der Waals surface area contributed by atoms with E-state index in [0.29, 0.717) is 32.5 Å². The molecular weight excluding hydrogens is 821 g/mol. The summed E-state index contributed by atoms with van der Waals surface area (Å²) in [7, 11) is 3.02. The van der Waals surface area contributed by atoms with Gasteiger partial charge in [0, 0.05) is 45.1 Å². The second-order valence-electron chi connectivity index (χ2n) is 18.5. The molecular formula is C45H84N4O14. The lowest BCUT2D eigenvalue weighted by Gasteiger charge is -2.48. The van der Waals surface area contributed by atoms with Crippen LogP contribution < -0.4 is 16.4 Å². The van der Waals surface area contributed by atoms with Crippen LogP contribution in [0.15, 0.2) is 0 Å². The van der Waals surface area contributed by atoms with Gasteiger partial charge in [-0.05, 0) is 93.4 Å². The second kappa shape index (κ2) is 25.2. The molecule has 0 aromatic rings. The summed E-state index contributed by atoms with van der Waals surface area (Å²) < 4.78 is 50.7. The number of ether oxygens (including phenoxy) is 8. The largest absolute Gasteiger partial charge is 0.459 e. The van der Waals surface area contributed by atoms with E-state index in [2.05, 4.69) is 15.5 Å². The van der Waals surface area contributed by atoms with Crippen LogP contribution in [0.4, 0.5) is 0 Å². The highest BCUT2D eigenvalue weighted by molar-refractivity contribution is 5.78. The van der Waals surface area contributed by atoms with Gasteiger partial charge in [0.1, 0.15) is 29.5 Å². The van der Waals surface area contributed by atoms with Crippen LogP contribution in [0.3, 0.4) is 0 Å². The van der Waals surface area contributed by atoms with Crippen LogP contribution in [0.25, 0.3) is 0 Å². The summed E-state index contributed by atoms with van der Waals surface area (Å²) in [6.45, 7) is 22.6. The number of rotatable bonds is 17.